The summed E-state index contributed by atoms with van der Waals surface area (Å²) >= 11 is 0. The Morgan fingerprint density at radius 1 is 1.69 bits per heavy atom. The number of pyridine rings is 1. The fourth-order valence-electron chi connectivity index (χ4n) is 1.94. The van der Waals surface area contributed by atoms with E-state index in [1.165, 1.54) is 6.20 Å². The minimum Gasteiger partial charge on any atom is -0.363 e. The van der Waals surface area contributed by atoms with Crippen LogP contribution in [0.3, 0.4) is 0 Å². The molecule has 2 heterocycles. The Bertz CT molecular complexity index is 396. The molecule has 0 aliphatic carbocycles. The summed E-state index contributed by atoms with van der Waals surface area (Å²) in [5.74, 6) is 0. The first-order valence-corrected chi connectivity index (χ1v) is 5.25. The van der Waals surface area contributed by atoms with Crippen molar-refractivity contribution >= 4 is 11.4 Å². The SMILES string of the molecule is CC1CN(c2ccncc2[N+](=O)[O-])CCN1. The van der Waals surface area contributed by atoms with E-state index in [-0.39, 0.29) is 10.6 Å². The van der Waals surface area contributed by atoms with Crippen molar-refractivity contribution in [1.29, 1.82) is 0 Å². The van der Waals surface area contributed by atoms with Crippen LogP contribution in [-0.4, -0.2) is 35.6 Å². The van der Waals surface area contributed by atoms with Gasteiger partial charge in [0.05, 0.1) is 4.92 Å². The molecule has 1 unspecified atom stereocenters. The van der Waals surface area contributed by atoms with Gasteiger partial charge in [-0.15, -0.1) is 0 Å². The number of piperazine rings is 1. The molecule has 1 N–H and O–H groups in total. The number of rotatable bonds is 2. The van der Waals surface area contributed by atoms with Crippen LogP contribution in [-0.2, 0) is 0 Å². The molecule has 1 aliphatic rings. The molecule has 0 bridgehead atoms. The highest BCUT2D eigenvalue weighted by Crippen LogP contribution is 2.27. The van der Waals surface area contributed by atoms with Crippen molar-refractivity contribution in [3.63, 3.8) is 0 Å². The van der Waals surface area contributed by atoms with E-state index in [4.69, 9.17) is 0 Å². The molecule has 1 aromatic rings. The van der Waals surface area contributed by atoms with Gasteiger partial charge in [0.2, 0.25) is 0 Å². The molecule has 6 nitrogen and oxygen atoms in total. The van der Waals surface area contributed by atoms with Crippen molar-refractivity contribution in [2.24, 2.45) is 0 Å². The second-order valence-corrected chi connectivity index (χ2v) is 3.92. The number of nitro groups is 1. The maximum Gasteiger partial charge on any atom is 0.310 e. The molecule has 1 saturated heterocycles. The van der Waals surface area contributed by atoms with Gasteiger partial charge in [-0.1, -0.05) is 0 Å². The third-order valence-electron chi connectivity index (χ3n) is 2.68. The second-order valence-electron chi connectivity index (χ2n) is 3.92. The first-order chi connectivity index (χ1) is 7.68. The maximum absolute atomic E-state index is 10.9. The van der Waals surface area contributed by atoms with Crippen molar-refractivity contribution in [3.05, 3.63) is 28.6 Å². The smallest absolute Gasteiger partial charge is 0.310 e. The zero-order chi connectivity index (χ0) is 11.5. The van der Waals surface area contributed by atoms with Crippen molar-refractivity contribution in [2.45, 2.75) is 13.0 Å². The summed E-state index contributed by atoms with van der Waals surface area (Å²) < 4.78 is 0. The molecule has 1 aliphatic heterocycles. The number of nitrogens with one attached hydrogen (secondary N) is 1. The van der Waals surface area contributed by atoms with Gasteiger partial charge >= 0.3 is 5.69 Å². The fraction of sp³-hybridized carbons (Fsp3) is 0.500. The largest absolute Gasteiger partial charge is 0.363 e. The number of anilines is 1. The topological polar surface area (TPSA) is 71.3 Å². The lowest BCUT2D eigenvalue weighted by molar-refractivity contribution is -0.384. The summed E-state index contributed by atoms with van der Waals surface area (Å²) in [6.07, 6.45) is 2.90. The molecule has 0 aromatic carbocycles. The second kappa shape index (κ2) is 4.44. The summed E-state index contributed by atoms with van der Waals surface area (Å²) in [7, 11) is 0. The van der Waals surface area contributed by atoms with Crippen LogP contribution in [0, 0.1) is 10.1 Å². The number of aromatic nitrogens is 1. The summed E-state index contributed by atoms with van der Waals surface area (Å²) in [6, 6.07) is 2.05. The van der Waals surface area contributed by atoms with Crippen LogP contribution in [0.5, 0.6) is 0 Å². The Hall–Kier alpha value is -1.69. The monoisotopic (exact) mass is 222 g/mol. The van der Waals surface area contributed by atoms with E-state index >= 15 is 0 Å². The van der Waals surface area contributed by atoms with Crippen LogP contribution in [0.15, 0.2) is 18.5 Å². The first kappa shape index (κ1) is 10.8. The molecule has 0 amide bonds. The van der Waals surface area contributed by atoms with E-state index < -0.39 is 0 Å². The summed E-state index contributed by atoms with van der Waals surface area (Å²) in [4.78, 5) is 16.3. The van der Waals surface area contributed by atoms with Crippen LogP contribution in [0.25, 0.3) is 0 Å². The zero-order valence-electron chi connectivity index (χ0n) is 9.09. The number of hydrogen-bond acceptors (Lipinski definition) is 5. The number of hydrogen-bond donors (Lipinski definition) is 1. The zero-order valence-corrected chi connectivity index (χ0v) is 9.09. The first-order valence-electron chi connectivity index (χ1n) is 5.25. The molecule has 1 atom stereocenters. The highest BCUT2D eigenvalue weighted by atomic mass is 16.6. The van der Waals surface area contributed by atoms with Crippen molar-refractivity contribution < 1.29 is 4.92 Å². The van der Waals surface area contributed by atoms with E-state index in [1.807, 2.05) is 4.90 Å². The Kier molecular flexibility index (Phi) is 3.00. The Balaban J connectivity index is 2.28. The highest BCUT2D eigenvalue weighted by Gasteiger charge is 2.23. The molecule has 0 spiro atoms. The molecule has 1 aromatic heterocycles. The van der Waals surface area contributed by atoms with E-state index in [2.05, 4.69) is 17.2 Å². The van der Waals surface area contributed by atoms with Gasteiger partial charge in [-0.25, -0.2) is 0 Å². The standard InChI is InChI=1S/C10H14N4O2/c1-8-7-13(5-4-12-8)9-2-3-11-6-10(9)14(15)16/h2-3,6,8,12H,4-5,7H2,1H3. The van der Waals surface area contributed by atoms with Gasteiger partial charge in [-0.3, -0.25) is 15.1 Å². The van der Waals surface area contributed by atoms with Crippen molar-refractivity contribution in [3.8, 4) is 0 Å². The van der Waals surface area contributed by atoms with Gasteiger partial charge in [0, 0.05) is 31.9 Å². The molecule has 0 saturated carbocycles. The average molecular weight is 222 g/mol. The minimum absolute atomic E-state index is 0.0802. The normalized spacial score (nSPS) is 20.8. The van der Waals surface area contributed by atoms with Crippen LogP contribution in [0.1, 0.15) is 6.92 Å². The van der Waals surface area contributed by atoms with Gasteiger partial charge in [0.15, 0.2) is 0 Å². The van der Waals surface area contributed by atoms with Crippen molar-refractivity contribution in [2.75, 3.05) is 24.5 Å². The van der Waals surface area contributed by atoms with E-state index in [9.17, 15) is 10.1 Å². The molecular weight excluding hydrogens is 208 g/mol. The van der Waals surface area contributed by atoms with Gasteiger partial charge in [0.25, 0.3) is 0 Å². The van der Waals surface area contributed by atoms with E-state index in [1.54, 1.807) is 12.3 Å². The quantitative estimate of drug-likeness (QED) is 0.591. The summed E-state index contributed by atoms with van der Waals surface area (Å²) in [6.45, 7) is 4.49. The summed E-state index contributed by atoms with van der Waals surface area (Å²) in [5, 5.41) is 14.2. The molecule has 1 fully saturated rings. The Morgan fingerprint density at radius 3 is 3.19 bits per heavy atom. The summed E-state index contributed by atoms with van der Waals surface area (Å²) in [5.41, 5.74) is 0.741. The van der Waals surface area contributed by atoms with E-state index in [0.717, 1.165) is 19.6 Å². The molecule has 86 valence electrons. The molecule has 2 rings (SSSR count). The molecule has 6 heteroatoms. The van der Waals surface area contributed by atoms with Gasteiger partial charge < -0.3 is 10.2 Å². The van der Waals surface area contributed by atoms with Gasteiger partial charge in [0.1, 0.15) is 11.9 Å². The fourth-order valence-corrected chi connectivity index (χ4v) is 1.94. The van der Waals surface area contributed by atoms with Crippen LogP contribution < -0.4 is 10.2 Å². The molecule has 16 heavy (non-hydrogen) atoms. The maximum atomic E-state index is 10.9. The lowest BCUT2D eigenvalue weighted by Gasteiger charge is -2.33. The van der Waals surface area contributed by atoms with E-state index in [0.29, 0.717) is 11.7 Å². The van der Waals surface area contributed by atoms with Crippen LogP contribution in [0.4, 0.5) is 11.4 Å². The Morgan fingerprint density at radius 2 is 2.50 bits per heavy atom. The number of nitrogens with zero attached hydrogens (tertiary/aromatic N) is 3. The van der Waals surface area contributed by atoms with Crippen LogP contribution >= 0.6 is 0 Å². The lowest BCUT2D eigenvalue weighted by atomic mass is 10.2. The van der Waals surface area contributed by atoms with Gasteiger partial charge in [-0.2, -0.15) is 0 Å². The van der Waals surface area contributed by atoms with Crippen molar-refractivity contribution in [1.82, 2.24) is 10.3 Å². The average Bonchev–Trinajstić information content (AvgIpc) is 2.29. The predicted octanol–water partition coefficient (Wildman–Crippen LogP) is 0.788. The third kappa shape index (κ3) is 2.11. The third-order valence-corrected chi connectivity index (χ3v) is 2.68. The molecular formula is C10H14N4O2. The Labute approximate surface area is 93.4 Å². The predicted molar refractivity (Wildman–Crippen MR) is 60.6 cm³/mol. The highest BCUT2D eigenvalue weighted by molar-refractivity contribution is 5.62. The van der Waals surface area contributed by atoms with Gasteiger partial charge in [-0.05, 0) is 13.0 Å². The van der Waals surface area contributed by atoms with Crippen LogP contribution in [0.2, 0.25) is 0 Å². The minimum atomic E-state index is -0.380. The lowest BCUT2D eigenvalue weighted by Crippen LogP contribution is -2.49. The molecule has 0 radical (unpaired) electrons.